The van der Waals surface area contributed by atoms with Crippen molar-refractivity contribution in [3.8, 4) is 11.3 Å². The van der Waals surface area contributed by atoms with Crippen LogP contribution in [0.5, 0.6) is 0 Å². The van der Waals surface area contributed by atoms with Crippen LogP contribution in [0, 0.1) is 0 Å². The molecule has 0 spiro atoms. The van der Waals surface area contributed by atoms with Gasteiger partial charge in [-0.25, -0.2) is 0 Å². The number of hydrogen-bond donors (Lipinski definition) is 1. The fraction of sp³-hybridized carbons (Fsp3) is 0.0500. The van der Waals surface area contributed by atoms with E-state index in [0.29, 0.717) is 5.58 Å². The van der Waals surface area contributed by atoms with Crippen molar-refractivity contribution in [1.82, 2.24) is 4.98 Å². The van der Waals surface area contributed by atoms with E-state index in [-0.39, 0.29) is 17.0 Å². The number of benzene rings is 2. The Morgan fingerprint density at radius 2 is 1.52 bits per heavy atom. The summed E-state index contributed by atoms with van der Waals surface area (Å²) in [6.45, 7) is 0. The highest BCUT2D eigenvalue weighted by Crippen LogP contribution is 2.34. The van der Waals surface area contributed by atoms with Gasteiger partial charge in [-0.05, 0) is 36.4 Å². The van der Waals surface area contributed by atoms with Gasteiger partial charge >= 0.3 is 15.5 Å². The fourth-order valence-electron chi connectivity index (χ4n) is 2.42. The van der Waals surface area contributed by atoms with Crippen LogP contribution >= 0.6 is 0 Å². The first-order chi connectivity index (χ1) is 13.8. The summed E-state index contributed by atoms with van der Waals surface area (Å²) in [5, 5.41) is 0.760. The Morgan fingerprint density at radius 3 is 2.10 bits per heavy atom. The maximum absolute atomic E-state index is 12.5. The van der Waals surface area contributed by atoms with E-state index in [1.54, 1.807) is 53.5 Å². The lowest BCUT2D eigenvalue weighted by Gasteiger charge is -2.12. The number of rotatable bonds is 3. The number of anilines is 1. The molecule has 150 valence electrons. The van der Waals surface area contributed by atoms with Crippen LogP contribution in [0.3, 0.4) is 0 Å². The number of pyridine rings is 1. The SMILES string of the molecule is O=S(=O)(Nc1ccccc1-c1cc2ccccc2o1)C(F)(F)F.c1ccncc1. The molecule has 0 amide bonds. The van der Waals surface area contributed by atoms with E-state index in [0.717, 1.165) is 5.39 Å². The molecule has 0 aliphatic carbocycles. The zero-order valence-electron chi connectivity index (χ0n) is 14.8. The number of nitrogens with zero attached hydrogens (tertiary/aromatic N) is 1. The number of halogens is 3. The number of nitrogens with one attached hydrogen (secondary N) is 1. The van der Waals surface area contributed by atoms with Crippen molar-refractivity contribution in [1.29, 1.82) is 0 Å². The molecule has 4 aromatic rings. The molecule has 0 bridgehead atoms. The van der Waals surface area contributed by atoms with Crippen molar-refractivity contribution in [2.75, 3.05) is 4.72 Å². The van der Waals surface area contributed by atoms with Crippen molar-refractivity contribution >= 4 is 26.7 Å². The molecule has 0 saturated carbocycles. The van der Waals surface area contributed by atoms with E-state index in [1.165, 1.54) is 18.2 Å². The van der Waals surface area contributed by atoms with Gasteiger partial charge in [0.1, 0.15) is 11.3 Å². The van der Waals surface area contributed by atoms with E-state index in [1.807, 2.05) is 18.2 Å². The van der Waals surface area contributed by atoms with Gasteiger partial charge in [0.25, 0.3) is 0 Å². The van der Waals surface area contributed by atoms with Crippen LogP contribution in [0.4, 0.5) is 18.9 Å². The highest BCUT2D eigenvalue weighted by atomic mass is 32.2. The van der Waals surface area contributed by atoms with Gasteiger partial charge in [0.05, 0.1) is 5.69 Å². The second-order valence-corrected chi connectivity index (χ2v) is 7.44. The van der Waals surface area contributed by atoms with Crippen molar-refractivity contribution < 1.29 is 26.0 Å². The zero-order valence-corrected chi connectivity index (χ0v) is 15.6. The first-order valence-corrected chi connectivity index (χ1v) is 9.78. The van der Waals surface area contributed by atoms with Gasteiger partial charge in [0.15, 0.2) is 0 Å². The van der Waals surface area contributed by atoms with Gasteiger partial charge in [-0.1, -0.05) is 36.4 Å². The zero-order chi connectivity index (χ0) is 20.9. The van der Waals surface area contributed by atoms with Crippen LogP contribution in [-0.2, 0) is 10.0 Å². The summed E-state index contributed by atoms with van der Waals surface area (Å²) >= 11 is 0. The minimum Gasteiger partial charge on any atom is -0.456 e. The minimum absolute atomic E-state index is 0.205. The first-order valence-electron chi connectivity index (χ1n) is 8.30. The summed E-state index contributed by atoms with van der Waals surface area (Å²) in [7, 11) is -5.50. The standard InChI is InChI=1S/C15H10F3NO3S.C5H5N/c16-15(17,18)23(20,21)19-12-7-3-2-6-11(12)14-9-10-5-1-4-8-13(10)22-14;1-2-4-6-5-3-1/h1-9,19H;1-5H. The van der Waals surface area contributed by atoms with Crippen LogP contribution in [0.15, 0.2) is 89.6 Å². The maximum atomic E-state index is 12.5. The largest absolute Gasteiger partial charge is 0.516 e. The summed E-state index contributed by atoms with van der Waals surface area (Å²) in [5.74, 6) is 0.270. The Labute approximate surface area is 164 Å². The summed E-state index contributed by atoms with van der Waals surface area (Å²) in [5.41, 5.74) is -4.83. The molecule has 0 fully saturated rings. The number of aromatic nitrogens is 1. The van der Waals surface area contributed by atoms with Crippen LogP contribution in [0.1, 0.15) is 0 Å². The minimum atomic E-state index is -5.50. The van der Waals surface area contributed by atoms with Crippen molar-refractivity contribution in [3.05, 3.63) is 85.2 Å². The quantitative estimate of drug-likeness (QED) is 0.479. The average Bonchev–Trinajstić information content (AvgIpc) is 3.13. The predicted molar refractivity (Wildman–Crippen MR) is 104 cm³/mol. The molecule has 0 aliphatic rings. The number of fused-ring (bicyclic) bond motifs is 1. The summed E-state index contributed by atoms with van der Waals surface area (Å²) in [6.07, 6.45) is 3.50. The van der Waals surface area contributed by atoms with E-state index in [9.17, 15) is 21.6 Å². The summed E-state index contributed by atoms with van der Waals surface area (Å²) < 4.78 is 67.4. The Bertz CT molecular complexity index is 1130. The lowest BCUT2D eigenvalue weighted by molar-refractivity contribution is -0.0429. The molecule has 1 N–H and O–H groups in total. The van der Waals surface area contributed by atoms with Gasteiger partial charge < -0.3 is 4.42 Å². The summed E-state index contributed by atoms with van der Waals surface area (Å²) in [4.78, 5) is 3.78. The monoisotopic (exact) mass is 420 g/mol. The van der Waals surface area contributed by atoms with Gasteiger partial charge in [0, 0.05) is 23.3 Å². The van der Waals surface area contributed by atoms with Gasteiger partial charge in [-0.2, -0.15) is 21.6 Å². The molecule has 2 aromatic heterocycles. The molecule has 0 radical (unpaired) electrons. The Balaban J connectivity index is 0.000000343. The molecule has 29 heavy (non-hydrogen) atoms. The van der Waals surface area contributed by atoms with Crippen molar-refractivity contribution in [3.63, 3.8) is 0 Å². The smallest absolute Gasteiger partial charge is 0.456 e. The molecule has 9 heteroatoms. The highest BCUT2D eigenvalue weighted by Gasteiger charge is 2.46. The average molecular weight is 420 g/mol. The fourth-order valence-corrected chi connectivity index (χ4v) is 3.00. The van der Waals surface area contributed by atoms with Crippen molar-refractivity contribution in [2.45, 2.75) is 5.51 Å². The number of hydrogen-bond acceptors (Lipinski definition) is 4. The molecular formula is C20H15F3N2O3S. The molecule has 0 aliphatic heterocycles. The first kappa shape index (κ1) is 20.4. The van der Waals surface area contributed by atoms with Crippen LogP contribution in [-0.4, -0.2) is 18.9 Å². The van der Waals surface area contributed by atoms with Gasteiger partial charge in [-0.15, -0.1) is 0 Å². The van der Waals surface area contributed by atoms with E-state index in [4.69, 9.17) is 4.42 Å². The number of sulfonamides is 1. The maximum Gasteiger partial charge on any atom is 0.516 e. The predicted octanol–water partition coefficient (Wildman–Crippen LogP) is 5.44. The summed E-state index contributed by atoms with van der Waals surface area (Å²) in [6, 6.07) is 20.1. The normalized spacial score (nSPS) is 11.6. The Kier molecular flexibility index (Phi) is 5.88. The number of alkyl halides is 3. The van der Waals surface area contributed by atoms with Crippen LogP contribution < -0.4 is 4.72 Å². The number of furan rings is 1. The molecule has 4 rings (SSSR count). The van der Waals surface area contributed by atoms with Gasteiger partial charge in [0.2, 0.25) is 0 Å². The molecule has 0 atom stereocenters. The number of para-hydroxylation sites is 2. The molecule has 2 aromatic carbocycles. The molecular weight excluding hydrogens is 405 g/mol. The lowest BCUT2D eigenvalue weighted by Crippen LogP contribution is -2.30. The molecule has 2 heterocycles. The second kappa shape index (κ2) is 8.36. The van der Waals surface area contributed by atoms with E-state index >= 15 is 0 Å². The Hall–Kier alpha value is -3.33. The second-order valence-electron chi connectivity index (χ2n) is 5.77. The highest BCUT2D eigenvalue weighted by molar-refractivity contribution is 7.93. The van der Waals surface area contributed by atoms with Gasteiger partial charge in [-0.3, -0.25) is 9.71 Å². The lowest BCUT2D eigenvalue weighted by atomic mass is 10.1. The van der Waals surface area contributed by atoms with E-state index in [2.05, 4.69) is 4.98 Å². The third-order valence-corrected chi connectivity index (χ3v) is 4.83. The topological polar surface area (TPSA) is 72.2 Å². The Morgan fingerprint density at radius 1 is 0.862 bits per heavy atom. The molecule has 0 saturated heterocycles. The third kappa shape index (κ3) is 4.94. The molecule has 0 unspecified atom stereocenters. The molecule has 5 nitrogen and oxygen atoms in total. The van der Waals surface area contributed by atoms with Crippen LogP contribution in [0.2, 0.25) is 0 Å². The van der Waals surface area contributed by atoms with Crippen LogP contribution in [0.25, 0.3) is 22.3 Å². The van der Waals surface area contributed by atoms with E-state index < -0.39 is 15.5 Å². The third-order valence-electron chi connectivity index (χ3n) is 3.73. The van der Waals surface area contributed by atoms with Crippen molar-refractivity contribution in [2.24, 2.45) is 0 Å².